The van der Waals surface area contributed by atoms with Crippen LogP contribution < -0.4 is 5.32 Å². The first-order chi connectivity index (χ1) is 2.56. The summed E-state index contributed by atoms with van der Waals surface area (Å²) in [6.07, 6.45) is 0. The monoisotopic (exact) mass is 128 g/mol. The van der Waals surface area contributed by atoms with Gasteiger partial charge in [-0.15, -0.1) is 17.0 Å². The van der Waals surface area contributed by atoms with E-state index in [1.54, 1.807) is 0 Å². The predicted molar refractivity (Wildman–Crippen MR) is 25.3 cm³/mol. The van der Waals surface area contributed by atoms with Gasteiger partial charge in [0.2, 0.25) is 0 Å². The molecule has 1 nitrogen and oxygen atoms in total. The molecular formula is C2H8BrN. The van der Waals surface area contributed by atoms with Crippen molar-refractivity contribution in [2.45, 2.75) is 0 Å². The molecular weight excluding hydrogens is 118 g/mol. The first kappa shape index (κ1) is 1.78. The van der Waals surface area contributed by atoms with Crippen molar-refractivity contribution in [3.63, 3.8) is 0 Å². The van der Waals surface area contributed by atoms with Crippen LogP contribution in [0.3, 0.4) is 0 Å². The molecule has 0 heterocycles. The summed E-state index contributed by atoms with van der Waals surface area (Å²) < 4.78 is 19.2. The highest BCUT2D eigenvalue weighted by Crippen LogP contribution is 0.981. The molecule has 0 aliphatic heterocycles. The van der Waals surface area contributed by atoms with Gasteiger partial charge in [-0.05, 0) is 14.0 Å². The van der Waals surface area contributed by atoms with Crippen LogP contribution in [0.1, 0.15) is 4.11 Å². The fraction of sp³-hybridized carbons (Fsp3) is 1.00. The lowest BCUT2D eigenvalue weighted by Gasteiger charge is -1.59. The molecule has 0 spiro atoms. The fourth-order valence-electron chi connectivity index (χ4n) is 0. The van der Waals surface area contributed by atoms with Crippen molar-refractivity contribution in [3.05, 3.63) is 0 Å². The van der Waals surface area contributed by atoms with Crippen molar-refractivity contribution in [1.29, 1.82) is 0 Å². The van der Waals surface area contributed by atoms with Gasteiger partial charge in [0.05, 0.1) is 0 Å². The normalized spacial score (nSPS) is 18.8. The van der Waals surface area contributed by atoms with Gasteiger partial charge >= 0.3 is 0 Å². The van der Waals surface area contributed by atoms with Gasteiger partial charge in [0.15, 0.2) is 0 Å². The zero-order chi connectivity index (χ0) is 5.21. The van der Waals surface area contributed by atoms with Gasteiger partial charge in [0, 0.05) is 4.11 Å². The van der Waals surface area contributed by atoms with E-state index in [1.165, 1.54) is 7.05 Å². The minimum Gasteiger partial charge on any atom is -0.323 e. The molecule has 28 valence electrons. The average molecular weight is 129 g/mol. The van der Waals surface area contributed by atoms with Crippen LogP contribution in [0.4, 0.5) is 0 Å². The summed E-state index contributed by atoms with van der Waals surface area (Å²) in [4.78, 5) is 0. The van der Waals surface area contributed by atoms with Crippen molar-refractivity contribution in [2.24, 2.45) is 0 Å². The third kappa shape index (κ3) is 26.1. The lowest BCUT2D eigenvalue weighted by Crippen LogP contribution is -1.89. The molecule has 0 bridgehead atoms. The number of nitrogens with one attached hydrogen (secondary N) is 1. The first-order valence-corrected chi connectivity index (χ1v) is 0.750. The summed E-state index contributed by atoms with van der Waals surface area (Å²) in [6.45, 7) is -1.96. The van der Waals surface area contributed by atoms with Crippen LogP contribution in [0.25, 0.3) is 0 Å². The van der Waals surface area contributed by atoms with E-state index < -0.39 is 6.98 Å². The molecule has 0 aliphatic carbocycles. The third-order valence-corrected chi connectivity index (χ3v) is 0. The summed E-state index contributed by atoms with van der Waals surface area (Å²) in [6, 6.07) is 0. The van der Waals surface area contributed by atoms with E-state index >= 15 is 0 Å². The first-order valence-electron chi connectivity index (χ1n) is 2.25. The van der Waals surface area contributed by atoms with Crippen LogP contribution in [0.2, 0.25) is 0 Å². The van der Waals surface area contributed by atoms with Gasteiger partial charge in [-0.3, -0.25) is 0 Å². The Morgan fingerprint density at radius 2 is 2.25 bits per heavy atom. The van der Waals surface area contributed by atoms with Gasteiger partial charge in [-0.2, -0.15) is 0 Å². The van der Waals surface area contributed by atoms with Crippen molar-refractivity contribution in [1.82, 2.24) is 5.32 Å². The minimum atomic E-state index is -1.96. The van der Waals surface area contributed by atoms with Crippen LogP contribution in [0.5, 0.6) is 0 Å². The Bertz CT molecular complexity index is 42.7. The molecule has 0 fully saturated rings. The topological polar surface area (TPSA) is 12.0 Å². The third-order valence-electron chi connectivity index (χ3n) is 0. The van der Waals surface area contributed by atoms with Crippen molar-refractivity contribution in [2.75, 3.05) is 14.0 Å². The van der Waals surface area contributed by atoms with Crippen LogP contribution in [-0.2, 0) is 0 Å². The van der Waals surface area contributed by atoms with Gasteiger partial charge in [-0.25, -0.2) is 0 Å². The Morgan fingerprint density at radius 3 is 2.25 bits per heavy atom. The summed E-state index contributed by atoms with van der Waals surface area (Å²) in [5.74, 6) is 0. The van der Waals surface area contributed by atoms with Gasteiger partial charge in [0.25, 0.3) is 0 Å². The molecule has 0 aromatic rings. The van der Waals surface area contributed by atoms with Crippen LogP contribution in [0.15, 0.2) is 0 Å². The van der Waals surface area contributed by atoms with Crippen LogP contribution in [-0.4, -0.2) is 14.0 Å². The zero-order valence-electron chi connectivity index (χ0n) is 5.41. The fourth-order valence-corrected chi connectivity index (χ4v) is 0. The number of halogens is 1. The van der Waals surface area contributed by atoms with Gasteiger partial charge < -0.3 is 5.32 Å². The van der Waals surface area contributed by atoms with Crippen LogP contribution >= 0.6 is 17.0 Å². The van der Waals surface area contributed by atoms with Crippen molar-refractivity contribution < 1.29 is 4.11 Å². The van der Waals surface area contributed by atoms with E-state index in [0.29, 0.717) is 0 Å². The summed E-state index contributed by atoms with van der Waals surface area (Å²) in [5.41, 5.74) is 0. The minimum absolute atomic E-state index is 0. The second kappa shape index (κ2) is 9.88. The Labute approximate surface area is 41.4 Å². The molecule has 0 saturated carbocycles. The lowest BCUT2D eigenvalue weighted by molar-refractivity contribution is 1.02. The molecule has 0 rings (SSSR count). The largest absolute Gasteiger partial charge is 0.323 e. The molecule has 4 heavy (non-hydrogen) atoms. The highest BCUT2D eigenvalue weighted by atomic mass is 79.9. The van der Waals surface area contributed by atoms with E-state index in [1.807, 2.05) is 0 Å². The smallest absolute Gasteiger partial charge is 0.0391 e. The summed E-state index contributed by atoms with van der Waals surface area (Å²) in [5, 5.41) is 2.10. The second-order valence-corrected chi connectivity index (χ2v) is 0.250. The van der Waals surface area contributed by atoms with E-state index in [-0.39, 0.29) is 17.0 Å². The Hall–Kier alpha value is 0.440. The highest BCUT2D eigenvalue weighted by Gasteiger charge is 1.25. The quantitative estimate of drug-likeness (QED) is 0.499. The van der Waals surface area contributed by atoms with E-state index in [9.17, 15) is 0 Å². The van der Waals surface area contributed by atoms with Crippen molar-refractivity contribution in [3.8, 4) is 0 Å². The van der Waals surface area contributed by atoms with Crippen molar-refractivity contribution >= 4 is 17.0 Å². The SMILES string of the molecule is Br.[2H]C([2H])([2H])NC. The Kier molecular flexibility index (Phi) is 4.38. The molecule has 0 atom stereocenters. The summed E-state index contributed by atoms with van der Waals surface area (Å²) in [7, 11) is 1.40. The Balaban J connectivity index is 0. The van der Waals surface area contributed by atoms with Crippen LogP contribution in [0, 0.1) is 0 Å². The lowest BCUT2D eigenvalue weighted by atomic mass is 11.3. The average Bonchev–Trinajstić information content (AvgIpc) is 1.35. The molecule has 0 amide bonds. The molecule has 0 saturated heterocycles. The standard InChI is InChI=1S/C2H7N.BrH/c1-3-2;/h3H,1-2H3;1H/i1D3;. The highest BCUT2D eigenvalue weighted by molar-refractivity contribution is 8.93. The molecule has 0 aromatic heterocycles. The second-order valence-electron chi connectivity index (χ2n) is 0.250. The number of hydrogen-bond donors (Lipinski definition) is 1. The maximum absolute atomic E-state index is 6.40. The molecule has 1 N–H and O–H groups in total. The molecule has 0 aromatic carbocycles. The van der Waals surface area contributed by atoms with Gasteiger partial charge in [0.1, 0.15) is 0 Å². The predicted octanol–water partition coefficient (Wildman–Crippen LogP) is 0.413. The maximum Gasteiger partial charge on any atom is 0.0391 e. The van der Waals surface area contributed by atoms with E-state index in [0.717, 1.165) is 0 Å². The summed E-state index contributed by atoms with van der Waals surface area (Å²) >= 11 is 0. The molecule has 2 heteroatoms. The maximum atomic E-state index is 6.40. The number of rotatable bonds is 0. The van der Waals surface area contributed by atoms with E-state index in [4.69, 9.17) is 4.11 Å². The molecule has 0 radical (unpaired) electrons. The Morgan fingerprint density at radius 1 is 2.00 bits per heavy atom. The molecule has 0 aliphatic rings. The van der Waals surface area contributed by atoms with Gasteiger partial charge in [-0.1, -0.05) is 0 Å². The number of hydrogen-bond acceptors (Lipinski definition) is 1. The zero-order valence-corrected chi connectivity index (χ0v) is 4.12. The van der Waals surface area contributed by atoms with E-state index in [2.05, 4.69) is 5.32 Å². The molecule has 0 unspecified atom stereocenters.